The lowest BCUT2D eigenvalue weighted by Gasteiger charge is -2.31. The number of phenols is 1. The molecule has 0 unspecified atom stereocenters. The van der Waals surface area contributed by atoms with Gasteiger partial charge in [0.25, 0.3) is 0 Å². The summed E-state index contributed by atoms with van der Waals surface area (Å²) in [5, 5.41) is 13.2. The summed E-state index contributed by atoms with van der Waals surface area (Å²) in [6.45, 7) is 6.45. The lowest BCUT2D eigenvalue weighted by molar-refractivity contribution is 0.356. The van der Waals surface area contributed by atoms with Crippen molar-refractivity contribution < 1.29 is 5.11 Å². The smallest absolute Gasteiger partial charge is 0.115 e. The fourth-order valence-electron chi connectivity index (χ4n) is 2.36. The molecule has 1 atom stereocenters. The maximum Gasteiger partial charge on any atom is 0.115 e. The fourth-order valence-corrected chi connectivity index (χ4v) is 2.36. The first-order chi connectivity index (χ1) is 8.99. The summed E-state index contributed by atoms with van der Waals surface area (Å²) < 4.78 is 0. The van der Waals surface area contributed by atoms with Gasteiger partial charge in [-0.15, -0.1) is 0 Å². The molecular weight excluding hydrogens is 234 g/mol. The largest absolute Gasteiger partial charge is 0.508 e. The zero-order chi connectivity index (χ0) is 13.9. The Balaban J connectivity index is 2.16. The van der Waals surface area contributed by atoms with Crippen molar-refractivity contribution in [3.8, 4) is 5.75 Å². The van der Waals surface area contributed by atoms with Crippen LogP contribution in [0.2, 0.25) is 0 Å². The van der Waals surface area contributed by atoms with E-state index in [-0.39, 0.29) is 11.6 Å². The Kier molecular flexibility index (Phi) is 3.91. The predicted octanol–water partition coefficient (Wildman–Crippen LogP) is 3.98. The maximum atomic E-state index is 9.55. The van der Waals surface area contributed by atoms with E-state index in [0.29, 0.717) is 5.75 Å². The fraction of sp³-hybridized carbons (Fsp3) is 0.294. The lowest BCUT2D eigenvalue weighted by atomic mass is 9.92. The van der Waals surface area contributed by atoms with E-state index in [1.54, 1.807) is 12.1 Å². The average molecular weight is 255 g/mol. The van der Waals surface area contributed by atoms with E-state index >= 15 is 0 Å². The third-order valence-corrected chi connectivity index (χ3v) is 3.44. The average Bonchev–Trinajstić information content (AvgIpc) is 2.39. The molecule has 0 aromatic heterocycles. The molecule has 0 saturated carbocycles. The number of phenolic OH excluding ortho intramolecular Hbond substituents is 1. The third kappa shape index (κ3) is 3.36. The van der Waals surface area contributed by atoms with Gasteiger partial charge in [-0.2, -0.15) is 0 Å². The summed E-state index contributed by atoms with van der Waals surface area (Å²) >= 11 is 0. The quantitative estimate of drug-likeness (QED) is 0.866. The molecule has 0 aliphatic carbocycles. The van der Waals surface area contributed by atoms with E-state index in [1.807, 2.05) is 18.2 Å². The summed E-state index contributed by atoms with van der Waals surface area (Å²) in [6.07, 6.45) is 0. The van der Waals surface area contributed by atoms with Gasteiger partial charge in [0.05, 0.1) is 0 Å². The van der Waals surface area contributed by atoms with Crippen LogP contribution < -0.4 is 5.32 Å². The van der Waals surface area contributed by atoms with Gasteiger partial charge in [0.15, 0.2) is 0 Å². The first kappa shape index (κ1) is 13.6. The molecule has 0 heterocycles. The first-order valence-corrected chi connectivity index (χ1v) is 6.61. The van der Waals surface area contributed by atoms with Crippen molar-refractivity contribution in [2.45, 2.75) is 32.4 Å². The minimum absolute atomic E-state index is 0.119. The predicted molar refractivity (Wildman–Crippen MR) is 79.1 cm³/mol. The highest BCUT2D eigenvalue weighted by molar-refractivity contribution is 5.30. The highest BCUT2D eigenvalue weighted by Crippen LogP contribution is 2.25. The summed E-state index contributed by atoms with van der Waals surface area (Å²) in [7, 11) is 0. The van der Waals surface area contributed by atoms with Crippen LogP contribution in [-0.2, 0) is 5.54 Å². The van der Waals surface area contributed by atoms with E-state index in [1.165, 1.54) is 5.56 Å². The second-order valence-electron chi connectivity index (χ2n) is 5.45. The Morgan fingerprint density at radius 2 is 1.68 bits per heavy atom. The molecule has 2 aromatic carbocycles. The number of hydrogen-bond acceptors (Lipinski definition) is 2. The molecule has 2 nitrogen and oxygen atoms in total. The molecule has 0 aliphatic rings. The zero-order valence-corrected chi connectivity index (χ0v) is 11.7. The Hall–Kier alpha value is -1.80. The van der Waals surface area contributed by atoms with Crippen LogP contribution in [-0.4, -0.2) is 5.11 Å². The van der Waals surface area contributed by atoms with E-state index in [9.17, 15) is 5.11 Å². The number of rotatable bonds is 4. The summed E-state index contributed by atoms with van der Waals surface area (Å²) in [6, 6.07) is 18.0. The van der Waals surface area contributed by atoms with Crippen molar-refractivity contribution in [3.63, 3.8) is 0 Å². The minimum Gasteiger partial charge on any atom is -0.508 e. The van der Waals surface area contributed by atoms with Crippen LogP contribution >= 0.6 is 0 Å². The van der Waals surface area contributed by atoms with Crippen LogP contribution in [0, 0.1) is 0 Å². The van der Waals surface area contributed by atoms with E-state index in [4.69, 9.17) is 0 Å². The molecule has 0 saturated heterocycles. The summed E-state index contributed by atoms with van der Waals surface area (Å²) in [4.78, 5) is 0. The van der Waals surface area contributed by atoms with Gasteiger partial charge in [-0.3, -0.25) is 0 Å². The lowest BCUT2D eigenvalue weighted by Crippen LogP contribution is -2.38. The van der Waals surface area contributed by atoms with Crippen molar-refractivity contribution in [2.24, 2.45) is 0 Å². The van der Waals surface area contributed by atoms with Gasteiger partial charge in [0.1, 0.15) is 5.75 Å². The van der Waals surface area contributed by atoms with Crippen molar-refractivity contribution in [2.75, 3.05) is 0 Å². The Bertz CT molecular complexity index is 534. The molecule has 0 amide bonds. The van der Waals surface area contributed by atoms with Gasteiger partial charge >= 0.3 is 0 Å². The topological polar surface area (TPSA) is 32.3 Å². The molecule has 2 rings (SSSR count). The molecule has 2 N–H and O–H groups in total. The second-order valence-corrected chi connectivity index (χ2v) is 5.45. The number of hydrogen-bond donors (Lipinski definition) is 2. The number of aromatic hydroxyl groups is 1. The van der Waals surface area contributed by atoms with Crippen LogP contribution in [0.4, 0.5) is 0 Å². The Morgan fingerprint density at radius 1 is 1.00 bits per heavy atom. The van der Waals surface area contributed by atoms with Crippen LogP contribution in [0.3, 0.4) is 0 Å². The molecular formula is C17H21NO. The van der Waals surface area contributed by atoms with Gasteiger partial charge in [0, 0.05) is 11.6 Å². The molecule has 2 aromatic rings. The highest BCUT2D eigenvalue weighted by Gasteiger charge is 2.22. The van der Waals surface area contributed by atoms with E-state index < -0.39 is 0 Å². The van der Waals surface area contributed by atoms with Crippen molar-refractivity contribution in [3.05, 3.63) is 65.7 Å². The van der Waals surface area contributed by atoms with Gasteiger partial charge in [-0.05, 0) is 44.0 Å². The minimum atomic E-state index is -0.119. The Labute approximate surface area is 115 Å². The van der Waals surface area contributed by atoms with Crippen LogP contribution in [0.25, 0.3) is 0 Å². The molecule has 2 heteroatoms. The molecule has 0 fully saturated rings. The Morgan fingerprint density at radius 3 is 2.32 bits per heavy atom. The molecule has 100 valence electrons. The van der Waals surface area contributed by atoms with Gasteiger partial charge in [-0.1, -0.05) is 42.5 Å². The number of nitrogens with one attached hydrogen (secondary N) is 1. The van der Waals surface area contributed by atoms with E-state index in [0.717, 1.165) is 5.56 Å². The summed E-state index contributed by atoms with van der Waals surface area (Å²) in [5.74, 6) is 0.309. The van der Waals surface area contributed by atoms with Gasteiger partial charge in [0.2, 0.25) is 0 Å². The molecule has 0 aliphatic heterocycles. The molecule has 0 spiro atoms. The SMILES string of the molecule is C[C@H](NC(C)(C)c1ccccc1)c1cccc(O)c1. The highest BCUT2D eigenvalue weighted by atomic mass is 16.3. The second kappa shape index (κ2) is 5.45. The first-order valence-electron chi connectivity index (χ1n) is 6.61. The molecule has 0 radical (unpaired) electrons. The standard InChI is InChI=1S/C17H21NO/c1-13(14-8-7-11-16(19)12-14)18-17(2,3)15-9-5-4-6-10-15/h4-13,18-19H,1-3H3/t13-/m0/s1. The van der Waals surface area contributed by atoms with Crippen LogP contribution in [0.15, 0.2) is 54.6 Å². The van der Waals surface area contributed by atoms with Crippen LogP contribution in [0.1, 0.15) is 37.9 Å². The monoisotopic (exact) mass is 255 g/mol. The normalized spacial score (nSPS) is 13.2. The zero-order valence-electron chi connectivity index (χ0n) is 11.7. The van der Waals surface area contributed by atoms with Crippen molar-refractivity contribution >= 4 is 0 Å². The summed E-state index contributed by atoms with van der Waals surface area (Å²) in [5.41, 5.74) is 2.22. The third-order valence-electron chi connectivity index (χ3n) is 3.44. The van der Waals surface area contributed by atoms with Gasteiger partial charge < -0.3 is 10.4 Å². The van der Waals surface area contributed by atoms with Crippen molar-refractivity contribution in [1.82, 2.24) is 5.32 Å². The van der Waals surface area contributed by atoms with Gasteiger partial charge in [-0.25, -0.2) is 0 Å². The molecule has 19 heavy (non-hydrogen) atoms. The molecule has 0 bridgehead atoms. The van der Waals surface area contributed by atoms with Crippen LogP contribution in [0.5, 0.6) is 5.75 Å². The van der Waals surface area contributed by atoms with Crippen molar-refractivity contribution in [1.29, 1.82) is 0 Å². The number of benzene rings is 2. The maximum absolute atomic E-state index is 9.55. The van der Waals surface area contributed by atoms with E-state index in [2.05, 4.69) is 50.4 Å².